The molecular formula is C15H13N3O2. The Morgan fingerprint density at radius 3 is 1.55 bits per heavy atom. The van der Waals surface area contributed by atoms with Crippen LogP contribution in [0.2, 0.25) is 0 Å². The topological polar surface area (TPSA) is 91.1 Å². The SMILES string of the molecule is Cn1c(=O)c2cc(N)ccc2c2ccc(N)cc2c1=O. The van der Waals surface area contributed by atoms with Crippen LogP contribution in [0.25, 0.3) is 21.5 Å². The van der Waals surface area contributed by atoms with E-state index in [1.807, 2.05) is 0 Å². The Labute approximate surface area is 114 Å². The molecule has 0 unspecified atom stereocenters. The molecular weight excluding hydrogens is 254 g/mol. The number of nitrogen functional groups attached to an aromatic ring is 2. The van der Waals surface area contributed by atoms with Gasteiger partial charge in [0.1, 0.15) is 0 Å². The average molecular weight is 267 g/mol. The summed E-state index contributed by atoms with van der Waals surface area (Å²) in [5.41, 5.74) is 11.7. The fraction of sp³-hybridized carbons (Fsp3) is 0.0667. The molecule has 5 nitrogen and oxygen atoms in total. The van der Waals surface area contributed by atoms with E-state index in [1.54, 1.807) is 36.4 Å². The number of anilines is 2. The van der Waals surface area contributed by atoms with Crippen LogP contribution >= 0.6 is 0 Å². The highest BCUT2D eigenvalue weighted by Crippen LogP contribution is 2.23. The highest BCUT2D eigenvalue weighted by Gasteiger charge is 2.09. The van der Waals surface area contributed by atoms with Crippen molar-refractivity contribution in [2.45, 2.75) is 0 Å². The van der Waals surface area contributed by atoms with Gasteiger partial charge in [0.25, 0.3) is 11.1 Å². The lowest BCUT2D eigenvalue weighted by molar-refractivity contribution is 0.845. The largest absolute Gasteiger partial charge is 0.399 e. The molecule has 3 rings (SSSR count). The van der Waals surface area contributed by atoms with E-state index in [4.69, 9.17) is 11.5 Å². The molecule has 2 aromatic carbocycles. The number of fused-ring (bicyclic) bond motifs is 3. The van der Waals surface area contributed by atoms with Crippen molar-refractivity contribution in [2.24, 2.45) is 7.05 Å². The summed E-state index contributed by atoms with van der Waals surface area (Å²) in [5.74, 6) is 0. The molecule has 0 amide bonds. The second-order valence-electron chi connectivity index (χ2n) is 4.78. The zero-order chi connectivity index (χ0) is 14.4. The number of nitrogens with zero attached hydrogens (tertiary/aromatic N) is 1. The minimum Gasteiger partial charge on any atom is -0.399 e. The zero-order valence-electron chi connectivity index (χ0n) is 10.9. The average Bonchev–Trinajstić information content (AvgIpc) is 2.51. The van der Waals surface area contributed by atoms with Gasteiger partial charge in [0, 0.05) is 29.2 Å². The predicted molar refractivity (Wildman–Crippen MR) is 81.8 cm³/mol. The van der Waals surface area contributed by atoms with Crippen LogP contribution in [0.15, 0.2) is 46.0 Å². The molecule has 0 aliphatic heterocycles. The molecule has 0 radical (unpaired) electrons. The third kappa shape index (κ3) is 1.64. The van der Waals surface area contributed by atoms with Crippen LogP contribution in [0.3, 0.4) is 0 Å². The molecule has 100 valence electrons. The summed E-state index contributed by atoms with van der Waals surface area (Å²) in [5, 5.41) is 2.22. The summed E-state index contributed by atoms with van der Waals surface area (Å²) >= 11 is 0. The van der Waals surface area contributed by atoms with Crippen LogP contribution in [-0.4, -0.2) is 4.57 Å². The summed E-state index contributed by atoms with van der Waals surface area (Å²) in [6.07, 6.45) is 0. The fourth-order valence-electron chi connectivity index (χ4n) is 2.40. The predicted octanol–water partition coefficient (Wildman–Crippen LogP) is 1.22. The molecule has 0 fully saturated rings. The number of hydrogen-bond donors (Lipinski definition) is 2. The van der Waals surface area contributed by atoms with Crippen molar-refractivity contribution < 1.29 is 0 Å². The van der Waals surface area contributed by atoms with Gasteiger partial charge in [-0.1, -0.05) is 12.1 Å². The molecule has 1 aromatic heterocycles. The second kappa shape index (κ2) is 4.09. The lowest BCUT2D eigenvalue weighted by atomic mass is 10.1. The second-order valence-corrected chi connectivity index (χ2v) is 4.78. The lowest BCUT2D eigenvalue weighted by Gasteiger charge is -1.99. The Hall–Kier alpha value is -2.82. The number of nitrogens with two attached hydrogens (primary N) is 2. The highest BCUT2D eigenvalue weighted by molar-refractivity contribution is 6.06. The first-order valence-corrected chi connectivity index (χ1v) is 6.11. The molecule has 5 heteroatoms. The molecule has 3 aromatic rings. The maximum atomic E-state index is 12.4. The quantitative estimate of drug-likeness (QED) is 0.599. The van der Waals surface area contributed by atoms with Crippen LogP contribution in [0.4, 0.5) is 11.4 Å². The molecule has 1 heterocycles. The lowest BCUT2D eigenvalue weighted by Crippen LogP contribution is -2.26. The van der Waals surface area contributed by atoms with E-state index in [9.17, 15) is 9.59 Å². The van der Waals surface area contributed by atoms with Crippen LogP contribution in [0.1, 0.15) is 0 Å². The minimum atomic E-state index is -0.368. The van der Waals surface area contributed by atoms with Crippen LogP contribution < -0.4 is 22.6 Å². The van der Waals surface area contributed by atoms with Crippen LogP contribution in [-0.2, 0) is 7.05 Å². The Morgan fingerprint density at radius 2 is 1.15 bits per heavy atom. The molecule has 0 saturated heterocycles. The zero-order valence-corrected chi connectivity index (χ0v) is 10.9. The first kappa shape index (κ1) is 12.2. The van der Waals surface area contributed by atoms with Gasteiger partial charge in [0.05, 0.1) is 0 Å². The number of benzene rings is 2. The Morgan fingerprint density at radius 1 is 0.750 bits per heavy atom. The maximum absolute atomic E-state index is 12.4. The summed E-state index contributed by atoms with van der Waals surface area (Å²) < 4.78 is 1.09. The van der Waals surface area contributed by atoms with Gasteiger partial charge in [-0.15, -0.1) is 0 Å². The van der Waals surface area contributed by atoms with Gasteiger partial charge in [0.2, 0.25) is 0 Å². The van der Waals surface area contributed by atoms with Crippen LogP contribution in [0.5, 0.6) is 0 Å². The third-order valence-electron chi connectivity index (χ3n) is 3.45. The molecule has 0 saturated carbocycles. The van der Waals surface area contributed by atoms with Crippen molar-refractivity contribution in [3.05, 3.63) is 57.1 Å². The summed E-state index contributed by atoms with van der Waals surface area (Å²) in [6, 6.07) is 10.1. The number of hydrogen-bond acceptors (Lipinski definition) is 4. The first-order valence-electron chi connectivity index (χ1n) is 6.11. The Bertz CT molecular complexity index is 896. The summed E-state index contributed by atoms with van der Waals surface area (Å²) in [7, 11) is 1.45. The maximum Gasteiger partial charge on any atom is 0.261 e. The summed E-state index contributed by atoms with van der Waals surface area (Å²) in [4.78, 5) is 24.7. The van der Waals surface area contributed by atoms with Crippen molar-refractivity contribution in [2.75, 3.05) is 11.5 Å². The third-order valence-corrected chi connectivity index (χ3v) is 3.45. The Kier molecular flexibility index (Phi) is 2.50. The van der Waals surface area contributed by atoms with Gasteiger partial charge in [-0.05, 0) is 35.0 Å². The van der Waals surface area contributed by atoms with Crippen molar-refractivity contribution >= 4 is 32.9 Å². The van der Waals surface area contributed by atoms with Gasteiger partial charge < -0.3 is 11.5 Å². The first-order chi connectivity index (χ1) is 9.49. The fourth-order valence-corrected chi connectivity index (χ4v) is 2.40. The van der Waals surface area contributed by atoms with Gasteiger partial charge >= 0.3 is 0 Å². The van der Waals surface area contributed by atoms with Gasteiger partial charge in [-0.3, -0.25) is 14.2 Å². The Balaban J connectivity index is 2.80. The van der Waals surface area contributed by atoms with Crippen molar-refractivity contribution in [1.82, 2.24) is 4.57 Å². The van der Waals surface area contributed by atoms with E-state index < -0.39 is 0 Å². The monoisotopic (exact) mass is 267 g/mol. The van der Waals surface area contributed by atoms with Crippen molar-refractivity contribution in [3.8, 4) is 0 Å². The van der Waals surface area contributed by atoms with E-state index in [1.165, 1.54) is 7.05 Å². The molecule has 0 aliphatic rings. The van der Waals surface area contributed by atoms with Crippen molar-refractivity contribution in [3.63, 3.8) is 0 Å². The van der Waals surface area contributed by atoms with E-state index in [0.717, 1.165) is 4.57 Å². The van der Waals surface area contributed by atoms with E-state index in [2.05, 4.69) is 0 Å². The van der Waals surface area contributed by atoms with Gasteiger partial charge in [0.15, 0.2) is 0 Å². The summed E-state index contributed by atoms with van der Waals surface area (Å²) in [6.45, 7) is 0. The molecule has 20 heavy (non-hydrogen) atoms. The van der Waals surface area contributed by atoms with Crippen molar-refractivity contribution in [1.29, 1.82) is 0 Å². The highest BCUT2D eigenvalue weighted by atomic mass is 16.2. The molecule has 0 spiro atoms. The molecule has 0 bridgehead atoms. The number of aromatic nitrogens is 1. The molecule has 4 N–H and O–H groups in total. The van der Waals surface area contributed by atoms with E-state index in [-0.39, 0.29) is 11.1 Å². The molecule has 0 aliphatic carbocycles. The molecule has 0 atom stereocenters. The standard InChI is InChI=1S/C15H13N3O2/c1-18-14(19)12-6-8(16)2-4-10(12)11-5-3-9(17)7-13(11)15(18)20/h2-7H,16-17H2,1H3. The normalized spacial score (nSPS) is 11.1. The number of rotatable bonds is 0. The van der Waals surface area contributed by atoms with Gasteiger partial charge in [-0.25, -0.2) is 0 Å². The van der Waals surface area contributed by atoms with E-state index in [0.29, 0.717) is 32.9 Å². The van der Waals surface area contributed by atoms with Gasteiger partial charge in [-0.2, -0.15) is 0 Å². The van der Waals surface area contributed by atoms with E-state index >= 15 is 0 Å². The minimum absolute atomic E-state index is 0.368. The van der Waals surface area contributed by atoms with Crippen LogP contribution in [0, 0.1) is 0 Å². The smallest absolute Gasteiger partial charge is 0.261 e.